The number of ether oxygens (including phenoxy) is 2. The summed E-state index contributed by atoms with van der Waals surface area (Å²) in [6.45, 7) is 5.01. The lowest BCUT2D eigenvalue weighted by Crippen LogP contribution is -2.40. The van der Waals surface area contributed by atoms with Gasteiger partial charge < -0.3 is 20.1 Å². The van der Waals surface area contributed by atoms with Crippen LogP contribution in [0.3, 0.4) is 0 Å². The Balaban J connectivity index is 1.61. The quantitative estimate of drug-likeness (QED) is 0.711. The summed E-state index contributed by atoms with van der Waals surface area (Å²) in [5.41, 5.74) is 1.44. The zero-order chi connectivity index (χ0) is 20.1. The highest BCUT2D eigenvalue weighted by molar-refractivity contribution is 9.10. The molecule has 1 heterocycles. The summed E-state index contributed by atoms with van der Waals surface area (Å²) < 4.78 is 12.1. The molecule has 1 unspecified atom stereocenters. The largest absolute Gasteiger partial charge is 0.486 e. The van der Waals surface area contributed by atoms with Gasteiger partial charge in [-0.2, -0.15) is 0 Å². The first kappa shape index (κ1) is 20.2. The molecular formula is C21H23BrN2O4. The van der Waals surface area contributed by atoms with Gasteiger partial charge in [0.2, 0.25) is 5.91 Å². The van der Waals surface area contributed by atoms with E-state index in [0.717, 1.165) is 10.0 Å². The Bertz CT molecular complexity index is 852. The number of benzene rings is 2. The summed E-state index contributed by atoms with van der Waals surface area (Å²) in [6.07, 6.45) is 0. The predicted molar refractivity (Wildman–Crippen MR) is 110 cm³/mol. The molecule has 2 aromatic carbocycles. The number of hydrogen-bond donors (Lipinski definition) is 2. The number of hydrogen-bond acceptors (Lipinski definition) is 4. The van der Waals surface area contributed by atoms with Crippen molar-refractivity contribution in [3.05, 3.63) is 58.1 Å². The third-order valence-corrected chi connectivity index (χ3v) is 4.95. The molecule has 0 aromatic heterocycles. The molecule has 1 atom stereocenters. The van der Waals surface area contributed by atoms with Gasteiger partial charge in [-0.25, -0.2) is 0 Å². The Kier molecular flexibility index (Phi) is 6.57. The van der Waals surface area contributed by atoms with Crippen LogP contribution in [0.15, 0.2) is 46.9 Å². The van der Waals surface area contributed by atoms with Crippen LogP contribution in [0, 0.1) is 5.92 Å². The van der Waals surface area contributed by atoms with Crippen LogP contribution >= 0.6 is 15.9 Å². The molecule has 0 saturated heterocycles. The SMILES string of the molecule is CC(C)C(NC(=O)CNC(=O)c1ccc(Br)cc1)c1ccc2c(c1)OCCO2. The average Bonchev–Trinajstić information content (AvgIpc) is 2.70. The fourth-order valence-corrected chi connectivity index (χ4v) is 3.24. The number of halogens is 1. The lowest BCUT2D eigenvalue weighted by atomic mass is 9.95. The smallest absolute Gasteiger partial charge is 0.251 e. The monoisotopic (exact) mass is 446 g/mol. The molecule has 2 aromatic rings. The van der Waals surface area contributed by atoms with Crippen LogP contribution in [-0.4, -0.2) is 31.6 Å². The summed E-state index contributed by atoms with van der Waals surface area (Å²) >= 11 is 3.33. The van der Waals surface area contributed by atoms with E-state index in [0.29, 0.717) is 30.3 Å². The molecule has 3 rings (SSSR count). The van der Waals surface area contributed by atoms with Gasteiger partial charge in [-0.1, -0.05) is 35.8 Å². The second kappa shape index (κ2) is 9.10. The molecule has 2 amide bonds. The number of nitrogens with one attached hydrogen (secondary N) is 2. The Morgan fingerprint density at radius 3 is 2.39 bits per heavy atom. The summed E-state index contributed by atoms with van der Waals surface area (Å²) in [4.78, 5) is 24.6. The zero-order valence-electron chi connectivity index (χ0n) is 15.8. The van der Waals surface area contributed by atoms with Gasteiger partial charge in [0.25, 0.3) is 5.91 Å². The maximum Gasteiger partial charge on any atom is 0.251 e. The van der Waals surface area contributed by atoms with Crippen molar-refractivity contribution in [3.63, 3.8) is 0 Å². The van der Waals surface area contributed by atoms with Gasteiger partial charge in [-0.05, 0) is 47.9 Å². The number of carbonyl (C=O) groups excluding carboxylic acids is 2. The highest BCUT2D eigenvalue weighted by Gasteiger charge is 2.21. The molecule has 1 aliphatic rings. The summed E-state index contributed by atoms with van der Waals surface area (Å²) in [7, 11) is 0. The van der Waals surface area contributed by atoms with Crippen LogP contribution in [0.4, 0.5) is 0 Å². The topological polar surface area (TPSA) is 76.7 Å². The number of fused-ring (bicyclic) bond motifs is 1. The van der Waals surface area contributed by atoms with Crippen molar-refractivity contribution in [2.24, 2.45) is 5.92 Å². The Morgan fingerprint density at radius 2 is 1.71 bits per heavy atom. The minimum Gasteiger partial charge on any atom is -0.486 e. The molecule has 0 radical (unpaired) electrons. The van der Waals surface area contributed by atoms with E-state index in [9.17, 15) is 9.59 Å². The first-order valence-corrected chi connectivity index (χ1v) is 9.96. The van der Waals surface area contributed by atoms with E-state index in [1.54, 1.807) is 24.3 Å². The van der Waals surface area contributed by atoms with Crippen molar-refractivity contribution in [2.45, 2.75) is 19.9 Å². The Labute approximate surface area is 172 Å². The molecule has 6 nitrogen and oxygen atoms in total. The van der Waals surface area contributed by atoms with E-state index in [-0.39, 0.29) is 30.3 Å². The van der Waals surface area contributed by atoms with Gasteiger partial charge in [0, 0.05) is 10.0 Å². The molecule has 2 N–H and O–H groups in total. The maximum absolute atomic E-state index is 12.4. The molecule has 0 aliphatic carbocycles. The van der Waals surface area contributed by atoms with Crippen molar-refractivity contribution in [1.82, 2.24) is 10.6 Å². The standard InChI is InChI=1S/C21H23BrN2O4/c1-13(2)20(15-5-8-17-18(11-15)28-10-9-27-17)24-19(25)12-23-21(26)14-3-6-16(22)7-4-14/h3-8,11,13,20H,9-10,12H2,1-2H3,(H,23,26)(H,24,25). The van der Waals surface area contributed by atoms with Crippen molar-refractivity contribution in [3.8, 4) is 11.5 Å². The van der Waals surface area contributed by atoms with Crippen LogP contribution in [-0.2, 0) is 4.79 Å². The van der Waals surface area contributed by atoms with Gasteiger partial charge in [0.05, 0.1) is 12.6 Å². The van der Waals surface area contributed by atoms with Crippen LogP contribution in [0.5, 0.6) is 11.5 Å². The van der Waals surface area contributed by atoms with Crippen molar-refractivity contribution in [2.75, 3.05) is 19.8 Å². The van der Waals surface area contributed by atoms with Gasteiger partial charge in [-0.15, -0.1) is 0 Å². The third-order valence-electron chi connectivity index (χ3n) is 4.42. The Morgan fingerprint density at radius 1 is 1.04 bits per heavy atom. The van der Waals surface area contributed by atoms with Gasteiger partial charge in [0.15, 0.2) is 11.5 Å². The first-order valence-electron chi connectivity index (χ1n) is 9.16. The molecule has 0 spiro atoms. The highest BCUT2D eigenvalue weighted by Crippen LogP contribution is 2.34. The number of carbonyl (C=O) groups is 2. The average molecular weight is 447 g/mol. The van der Waals surface area contributed by atoms with Gasteiger partial charge in [-0.3, -0.25) is 9.59 Å². The second-order valence-electron chi connectivity index (χ2n) is 6.88. The fourth-order valence-electron chi connectivity index (χ4n) is 2.98. The van der Waals surface area contributed by atoms with Gasteiger partial charge in [0.1, 0.15) is 13.2 Å². The second-order valence-corrected chi connectivity index (χ2v) is 7.80. The molecule has 7 heteroatoms. The van der Waals surface area contributed by atoms with E-state index >= 15 is 0 Å². The third kappa shape index (κ3) is 5.04. The lowest BCUT2D eigenvalue weighted by molar-refractivity contribution is -0.121. The van der Waals surface area contributed by atoms with Crippen molar-refractivity contribution >= 4 is 27.7 Å². The lowest BCUT2D eigenvalue weighted by Gasteiger charge is -2.25. The minimum absolute atomic E-state index is 0.0946. The molecule has 28 heavy (non-hydrogen) atoms. The fraction of sp³-hybridized carbons (Fsp3) is 0.333. The molecule has 0 fully saturated rings. The van der Waals surface area contributed by atoms with Crippen LogP contribution in [0.1, 0.15) is 35.8 Å². The maximum atomic E-state index is 12.4. The molecular weight excluding hydrogens is 424 g/mol. The molecule has 1 aliphatic heterocycles. The number of rotatable bonds is 6. The van der Waals surface area contributed by atoms with Gasteiger partial charge >= 0.3 is 0 Å². The van der Waals surface area contributed by atoms with E-state index in [1.807, 2.05) is 32.0 Å². The molecule has 148 valence electrons. The van der Waals surface area contributed by atoms with Crippen LogP contribution in [0.25, 0.3) is 0 Å². The number of amides is 2. The van der Waals surface area contributed by atoms with Crippen molar-refractivity contribution in [1.29, 1.82) is 0 Å². The highest BCUT2D eigenvalue weighted by atomic mass is 79.9. The van der Waals surface area contributed by atoms with E-state index < -0.39 is 0 Å². The van der Waals surface area contributed by atoms with E-state index in [1.165, 1.54) is 0 Å². The van der Waals surface area contributed by atoms with E-state index in [2.05, 4.69) is 26.6 Å². The normalized spacial score (nSPS) is 13.7. The summed E-state index contributed by atoms with van der Waals surface area (Å²) in [6, 6.07) is 12.5. The first-order chi connectivity index (χ1) is 13.4. The Hall–Kier alpha value is -2.54. The van der Waals surface area contributed by atoms with Crippen molar-refractivity contribution < 1.29 is 19.1 Å². The zero-order valence-corrected chi connectivity index (χ0v) is 17.4. The predicted octanol–water partition coefficient (Wildman–Crippen LogP) is 3.46. The summed E-state index contributed by atoms with van der Waals surface area (Å²) in [5.74, 6) is 1.02. The summed E-state index contributed by atoms with van der Waals surface area (Å²) in [5, 5.41) is 5.65. The van der Waals surface area contributed by atoms with E-state index in [4.69, 9.17) is 9.47 Å². The molecule has 0 saturated carbocycles. The van der Waals surface area contributed by atoms with Crippen LogP contribution < -0.4 is 20.1 Å². The minimum atomic E-state index is -0.289. The van der Waals surface area contributed by atoms with Crippen LogP contribution in [0.2, 0.25) is 0 Å². The molecule has 0 bridgehead atoms.